The second kappa shape index (κ2) is 7.38. The zero-order valence-electron chi connectivity index (χ0n) is 11.8. The lowest BCUT2D eigenvalue weighted by Crippen LogP contribution is -2.06. The van der Waals surface area contributed by atoms with E-state index in [0.717, 1.165) is 37.9 Å². The first-order valence-electron chi connectivity index (χ1n) is 6.51. The van der Waals surface area contributed by atoms with E-state index in [2.05, 4.69) is 37.2 Å². The molecule has 2 rings (SSSR count). The molecule has 0 saturated carbocycles. The molecule has 2 nitrogen and oxygen atoms in total. The van der Waals surface area contributed by atoms with Crippen molar-refractivity contribution in [3.8, 4) is 5.75 Å². The highest BCUT2D eigenvalue weighted by Gasteiger charge is 2.10. The Labute approximate surface area is 141 Å². The Balaban J connectivity index is 2.18. The van der Waals surface area contributed by atoms with Gasteiger partial charge in [0.15, 0.2) is 0 Å². The van der Waals surface area contributed by atoms with Crippen LogP contribution in [0.4, 0.5) is 4.39 Å². The lowest BCUT2D eigenvalue weighted by Gasteiger charge is -2.13. The first kappa shape index (κ1) is 16.5. The summed E-state index contributed by atoms with van der Waals surface area (Å²) < 4.78 is 20.9. The van der Waals surface area contributed by atoms with E-state index >= 15 is 0 Å². The molecule has 0 fully saturated rings. The minimum atomic E-state index is -0.248. The number of hydrogen-bond donors (Lipinski definition) is 1. The lowest BCUT2D eigenvalue weighted by atomic mass is 10.1. The second-order valence-electron chi connectivity index (χ2n) is 4.78. The SMILES string of the molecule is CNCc1cc(Br)c(OCc2cc(F)ccc2C)c(Br)c1. The summed E-state index contributed by atoms with van der Waals surface area (Å²) in [6.07, 6.45) is 0. The highest BCUT2D eigenvalue weighted by molar-refractivity contribution is 9.11. The van der Waals surface area contributed by atoms with E-state index in [9.17, 15) is 4.39 Å². The molecule has 0 aliphatic carbocycles. The van der Waals surface area contributed by atoms with Gasteiger partial charge in [-0.2, -0.15) is 0 Å². The zero-order chi connectivity index (χ0) is 15.4. The standard InChI is InChI=1S/C16H16Br2FNO/c1-10-3-4-13(19)7-12(10)9-21-16-14(17)5-11(8-20-2)6-15(16)18/h3-7,20H,8-9H2,1-2H3. The summed E-state index contributed by atoms with van der Waals surface area (Å²) in [6.45, 7) is 3.05. The molecule has 112 valence electrons. The van der Waals surface area contributed by atoms with Gasteiger partial charge in [-0.15, -0.1) is 0 Å². The molecule has 0 atom stereocenters. The summed E-state index contributed by atoms with van der Waals surface area (Å²) in [7, 11) is 1.90. The van der Waals surface area contributed by atoms with Crippen LogP contribution in [-0.2, 0) is 13.2 Å². The smallest absolute Gasteiger partial charge is 0.148 e. The average molecular weight is 417 g/mol. The third-order valence-corrected chi connectivity index (χ3v) is 4.30. The molecule has 0 radical (unpaired) electrons. The van der Waals surface area contributed by atoms with Gasteiger partial charge in [-0.05, 0) is 86.8 Å². The number of benzene rings is 2. The molecule has 0 heterocycles. The van der Waals surface area contributed by atoms with Crippen molar-refractivity contribution in [3.05, 3.63) is 61.8 Å². The van der Waals surface area contributed by atoms with Crippen molar-refractivity contribution in [3.63, 3.8) is 0 Å². The molecule has 5 heteroatoms. The van der Waals surface area contributed by atoms with Crippen LogP contribution in [0.25, 0.3) is 0 Å². The molecule has 0 bridgehead atoms. The van der Waals surface area contributed by atoms with Crippen LogP contribution in [0, 0.1) is 12.7 Å². The van der Waals surface area contributed by atoms with E-state index in [1.807, 2.05) is 26.1 Å². The van der Waals surface area contributed by atoms with Crippen LogP contribution in [0.2, 0.25) is 0 Å². The average Bonchev–Trinajstić information content (AvgIpc) is 2.42. The predicted octanol–water partition coefficient (Wildman–Crippen LogP) is 4.96. The van der Waals surface area contributed by atoms with Crippen molar-refractivity contribution < 1.29 is 9.13 Å². The summed E-state index contributed by atoms with van der Waals surface area (Å²) in [6, 6.07) is 8.74. The molecule has 0 unspecified atom stereocenters. The van der Waals surface area contributed by atoms with Gasteiger partial charge < -0.3 is 10.1 Å². The molecule has 1 N–H and O–H groups in total. The zero-order valence-corrected chi connectivity index (χ0v) is 15.0. The van der Waals surface area contributed by atoms with Gasteiger partial charge in [-0.25, -0.2) is 4.39 Å². The van der Waals surface area contributed by atoms with Crippen molar-refractivity contribution in [2.24, 2.45) is 0 Å². The van der Waals surface area contributed by atoms with Crippen molar-refractivity contribution >= 4 is 31.9 Å². The van der Waals surface area contributed by atoms with E-state index in [1.165, 1.54) is 12.1 Å². The summed E-state index contributed by atoms with van der Waals surface area (Å²) in [5.41, 5.74) is 2.99. The molecular weight excluding hydrogens is 401 g/mol. The van der Waals surface area contributed by atoms with Crippen LogP contribution in [0.3, 0.4) is 0 Å². The monoisotopic (exact) mass is 415 g/mol. The number of hydrogen-bond acceptors (Lipinski definition) is 2. The maximum atomic E-state index is 13.3. The van der Waals surface area contributed by atoms with Crippen LogP contribution in [0.15, 0.2) is 39.3 Å². The number of rotatable bonds is 5. The normalized spacial score (nSPS) is 10.7. The molecule has 21 heavy (non-hydrogen) atoms. The van der Waals surface area contributed by atoms with Crippen molar-refractivity contribution in [2.75, 3.05) is 7.05 Å². The van der Waals surface area contributed by atoms with Crippen molar-refractivity contribution in [1.29, 1.82) is 0 Å². The van der Waals surface area contributed by atoms with E-state index in [0.29, 0.717) is 6.61 Å². The van der Waals surface area contributed by atoms with Gasteiger partial charge in [0.2, 0.25) is 0 Å². The fourth-order valence-electron chi connectivity index (χ4n) is 2.00. The quantitative estimate of drug-likeness (QED) is 0.743. The highest BCUT2D eigenvalue weighted by Crippen LogP contribution is 2.35. The van der Waals surface area contributed by atoms with Gasteiger partial charge in [-0.1, -0.05) is 6.07 Å². The fourth-order valence-corrected chi connectivity index (χ4v) is 3.51. The van der Waals surface area contributed by atoms with Crippen LogP contribution < -0.4 is 10.1 Å². The number of aryl methyl sites for hydroxylation is 1. The fraction of sp³-hybridized carbons (Fsp3) is 0.250. The molecule has 0 spiro atoms. The van der Waals surface area contributed by atoms with Crippen LogP contribution in [0.1, 0.15) is 16.7 Å². The topological polar surface area (TPSA) is 21.3 Å². The van der Waals surface area contributed by atoms with Crippen molar-refractivity contribution in [1.82, 2.24) is 5.32 Å². The van der Waals surface area contributed by atoms with Crippen LogP contribution in [0.5, 0.6) is 5.75 Å². The van der Waals surface area contributed by atoms with E-state index < -0.39 is 0 Å². The molecule has 2 aromatic rings. The van der Waals surface area contributed by atoms with Gasteiger partial charge in [-0.3, -0.25) is 0 Å². The van der Waals surface area contributed by atoms with Gasteiger partial charge in [0.05, 0.1) is 8.95 Å². The first-order valence-corrected chi connectivity index (χ1v) is 8.10. The van der Waals surface area contributed by atoms with E-state index in [-0.39, 0.29) is 5.82 Å². The van der Waals surface area contributed by atoms with Gasteiger partial charge >= 0.3 is 0 Å². The van der Waals surface area contributed by atoms with E-state index in [4.69, 9.17) is 4.74 Å². The molecule has 0 saturated heterocycles. The summed E-state index contributed by atoms with van der Waals surface area (Å²) in [4.78, 5) is 0. The molecular formula is C16H16Br2FNO. The third kappa shape index (κ3) is 4.28. The number of nitrogens with one attached hydrogen (secondary N) is 1. The maximum Gasteiger partial charge on any atom is 0.148 e. The second-order valence-corrected chi connectivity index (χ2v) is 6.49. The summed E-state index contributed by atoms with van der Waals surface area (Å²) in [5, 5.41) is 3.11. The minimum Gasteiger partial charge on any atom is -0.487 e. The minimum absolute atomic E-state index is 0.248. The molecule has 0 aliphatic rings. The number of ether oxygens (including phenoxy) is 1. The van der Waals surface area contributed by atoms with Crippen LogP contribution >= 0.6 is 31.9 Å². The Hall–Kier alpha value is -0.910. The van der Waals surface area contributed by atoms with E-state index in [1.54, 1.807) is 6.07 Å². The Morgan fingerprint density at radius 3 is 2.43 bits per heavy atom. The molecule has 2 aromatic carbocycles. The first-order chi connectivity index (χ1) is 10.0. The summed E-state index contributed by atoms with van der Waals surface area (Å²) >= 11 is 7.04. The summed E-state index contributed by atoms with van der Waals surface area (Å²) in [5.74, 6) is 0.472. The molecule has 0 aromatic heterocycles. The van der Waals surface area contributed by atoms with Crippen molar-refractivity contribution in [2.45, 2.75) is 20.1 Å². The third-order valence-electron chi connectivity index (χ3n) is 3.12. The van der Waals surface area contributed by atoms with Crippen LogP contribution in [-0.4, -0.2) is 7.05 Å². The largest absolute Gasteiger partial charge is 0.487 e. The predicted molar refractivity (Wildman–Crippen MR) is 90.1 cm³/mol. The molecule has 0 amide bonds. The highest BCUT2D eigenvalue weighted by atomic mass is 79.9. The Morgan fingerprint density at radius 2 is 1.81 bits per heavy atom. The number of halogens is 3. The lowest BCUT2D eigenvalue weighted by molar-refractivity contribution is 0.300. The maximum absolute atomic E-state index is 13.3. The van der Waals surface area contributed by atoms with Gasteiger partial charge in [0, 0.05) is 6.54 Å². The van der Waals surface area contributed by atoms with Gasteiger partial charge in [0.1, 0.15) is 18.2 Å². The Bertz CT molecular complexity index is 623. The Kier molecular flexibility index (Phi) is 5.79. The van der Waals surface area contributed by atoms with Gasteiger partial charge in [0.25, 0.3) is 0 Å². The Morgan fingerprint density at radius 1 is 1.14 bits per heavy atom. The molecule has 0 aliphatic heterocycles.